The molecule has 0 bridgehead atoms. The molecule has 1 amide bonds. The zero-order valence-corrected chi connectivity index (χ0v) is 21.6. The van der Waals surface area contributed by atoms with Gasteiger partial charge in [0.1, 0.15) is 0 Å². The molecule has 0 aliphatic carbocycles. The maximum Gasteiger partial charge on any atom is 0.250 e. The first-order valence-corrected chi connectivity index (χ1v) is 14.6. The predicted molar refractivity (Wildman–Crippen MR) is 139 cm³/mol. The summed E-state index contributed by atoms with van der Waals surface area (Å²) in [5.74, 6) is -0.107. The van der Waals surface area contributed by atoms with Gasteiger partial charge in [-0.3, -0.25) is 9.69 Å². The summed E-state index contributed by atoms with van der Waals surface area (Å²) in [6.07, 6.45) is 3.47. The first-order chi connectivity index (χ1) is 16.9. The molecule has 2 aliphatic heterocycles. The van der Waals surface area contributed by atoms with Crippen LogP contribution < -0.4 is 5.73 Å². The van der Waals surface area contributed by atoms with Gasteiger partial charge in [-0.15, -0.1) is 11.3 Å². The number of aromatic amines is 1. The summed E-state index contributed by atoms with van der Waals surface area (Å²) in [7, 11) is -3.17. The monoisotopic (exact) mass is 516 g/mol. The number of carbonyl (C=O) groups is 1. The Hall–Kier alpha value is -2.24. The number of primary amides is 1. The third-order valence-corrected chi connectivity index (χ3v) is 10.0. The molecule has 2 aromatic heterocycles. The molecule has 0 radical (unpaired) electrons. The van der Waals surface area contributed by atoms with Crippen molar-refractivity contribution in [1.29, 1.82) is 0 Å². The van der Waals surface area contributed by atoms with Gasteiger partial charge in [0.25, 0.3) is 5.91 Å². The van der Waals surface area contributed by atoms with Gasteiger partial charge < -0.3 is 15.5 Å². The number of aromatic nitrogens is 1. The van der Waals surface area contributed by atoms with Crippen LogP contribution >= 0.6 is 11.3 Å². The fraction of sp³-hybridized carbons (Fsp3) is 0.480. The largest absolute Gasteiger partial charge is 0.379 e. The van der Waals surface area contributed by atoms with E-state index in [0.717, 1.165) is 73.3 Å². The Morgan fingerprint density at radius 3 is 2.57 bits per heavy atom. The number of hydrogen-bond donors (Lipinski definition) is 2. The Bertz CT molecular complexity index is 1320. The van der Waals surface area contributed by atoms with E-state index < -0.39 is 15.9 Å². The van der Waals surface area contributed by atoms with Crippen molar-refractivity contribution in [1.82, 2.24) is 14.2 Å². The number of H-pyrrole nitrogens is 1. The number of morpholine rings is 1. The van der Waals surface area contributed by atoms with Crippen LogP contribution in [0.25, 0.3) is 22.0 Å². The highest BCUT2D eigenvalue weighted by Gasteiger charge is 2.29. The van der Waals surface area contributed by atoms with Crippen LogP contribution in [0.1, 0.15) is 46.5 Å². The molecule has 188 valence electrons. The summed E-state index contributed by atoms with van der Waals surface area (Å²) in [5.41, 5.74) is 10.2. The van der Waals surface area contributed by atoms with Crippen molar-refractivity contribution in [2.75, 3.05) is 45.1 Å². The number of ether oxygens (including phenoxy) is 1. The number of piperidine rings is 1. The van der Waals surface area contributed by atoms with Crippen molar-refractivity contribution in [3.8, 4) is 11.1 Å². The maximum absolute atomic E-state index is 12.4. The lowest BCUT2D eigenvalue weighted by Gasteiger charge is -2.31. The van der Waals surface area contributed by atoms with Gasteiger partial charge in [0.2, 0.25) is 10.0 Å². The minimum Gasteiger partial charge on any atom is -0.379 e. The molecule has 35 heavy (non-hydrogen) atoms. The van der Waals surface area contributed by atoms with Gasteiger partial charge in [-0.1, -0.05) is 0 Å². The fourth-order valence-electron chi connectivity index (χ4n) is 5.17. The molecular weight excluding hydrogens is 484 g/mol. The first-order valence-electron chi connectivity index (χ1n) is 12.2. The molecule has 10 heteroatoms. The number of rotatable bonds is 7. The smallest absolute Gasteiger partial charge is 0.250 e. The van der Waals surface area contributed by atoms with Crippen molar-refractivity contribution in [3.05, 3.63) is 45.8 Å². The Morgan fingerprint density at radius 1 is 1.14 bits per heavy atom. The summed E-state index contributed by atoms with van der Waals surface area (Å²) < 4.78 is 31.6. The van der Waals surface area contributed by atoms with E-state index in [4.69, 9.17) is 10.5 Å². The van der Waals surface area contributed by atoms with E-state index in [1.54, 1.807) is 22.6 Å². The van der Waals surface area contributed by atoms with E-state index in [-0.39, 0.29) is 11.7 Å². The molecule has 0 unspecified atom stereocenters. The number of amides is 1. The van der Waals surface area contributed by atoms with Crippen molar-refractivity contribution in [2.45, 2.75) is 32.2 Å². The number of carbonyl (C=O) groups excluding carboxylic acids is 1. The summed E-state index contributed by atoms with van der Waals surface area (Å²) in [6, 6.07) is 6.22. The molecule has 2 aliphatic rings. The molecule has 0 spiro atoms. The fourth-order valence-corrected chi connectivity index (χ4v) is 7.24. The maximum atomic E-state index is 12.4. The van der Waals surface area contributed by atoms with Gasteiger partial charge in [0, 0.05) is 49.2 Å². The topological polar surface area (TPSA) is 109 Å². The second-order valence-corrected chi connectivity index (χ2v) is 12.6. The summed E-state index contributed by atoms with van der Waals surface area (Å²) in [5, 5.41) is 3.14. The van der Waals surface area contributed by atoms with Crippen molar-refractivity contribution >= 4 is 38.2 Å². The number of sulfonamides is 1. The van der Waals surface area contributed by atoms with Crippen molar-refractivity contribution in [2.24, 2.45) is 5.73 Å². The van der Waals surface area contributed by atoms with E-state index >= 15 is 0 Å². The Kier molecular flexibility index (Phi) is 7.00. The molecule has 0 atom stereocenters. The average Bonchev–Trinajstić information content (AvgIpc) is 3.51. The molecule has 3 aromatic rings. The highest BCUT2D eigenvalue weighted by Crippen LogP contribution is 2.38. The van der Waals surface area contributed by atoms with Crippen LogP contribution in [0.3, 0.4) is 0 Å². The molecule has 3 N–H and O–H groups in total. The van der Waals surface area contributed by atoms with E-state index in [9.17, 15) is 13.2 Å². The van der Waals surface area contributed by atoms with E-state index in [0.29, 0.717) is 18.7 Å². The molecule has 2 saturated heterocycles. The standard InChI is InChI=1S/C25H32N4O4S2/c1-2-35(31,32)29-5-3-17(4-6-29)23-14-27-24-21(23)12-18(13-22(24)25(26)30)19-11-20(34-16-19)15-28-7-9-33-10-8-28/h11-14,16-17,27H,2-10,15H2,1H3,(H2,26,30). The zero-order valence-electron chi connectivity index (χ0n) is 20.0. The van der Waals surface area contributed by atoms with Gasteiger partial charge in [-0.25, -0.2) is 12.7 Å². The van der Waals surface area contributed by atoms with Gasteiger partial charge in [-0.2, -0.15) is 0 Å². The SMILES string of the molecule is CCS(=O)(=O)N1CCC(c2c[nH]c3c(C(N)=O)cc(-c4csc(CN5CCOCC5)c4)cc23)CC1. The van der Waals surface area contributed by atoms with Gasteiger partial charge >= 0.3 is 0 Å². The second kappa shape index (κ2) is 10.0. The molecule has 2 fully saturated rings. The third-order valence-electron chi connectivity index (χ3n) is 7.21. The lowest BCUT2D eigenvalue weighted by Crippen LogP contribution is -2.38. The molecular formula is C25H32N4O4S2. The van der Waals surface area contributed by atoms with Gasteiger partial charge in [0.15, 0.2) is 0 Å². The normalized spacial score (nSPS) is 18.9. The van der Waals surface area contributed by atoms with E-state index in [1.165, 1.54) is 4.88 Å². The van der Waals surface area contributed by atoms with Crippen LogP contribution in [0.2, 0.25) is 0 Å². The van der Waals surface area contributed by atoms with Crippen molar-refractivity contribution < 1.29 is 17.9 Å². The molecule has 8 nitrogen and oxygen atoms in total. The van der Waals surface area contributed by atoms with E-state index in [2.05, 4.69) is 27.4 Å². The summed E-state index contributed by atoms with van der Waals surface area (Å²) in [4.78, 5) is 19.3. The van der Waals surface area contributed by atoms with Crippen molar-refractivity contribution in [3.63, 3.8) is 0 Å². The minimum atomic E-state index is -3.17. The van der Waals surface area contributed by atoms with Crippen LogP contribution in [0.15, 0.2) is 29.8 Å². The highest BCUT2D eigenvalue weighted by molar-refractivity contribution is 7.89. The Morgan fingerprint density at radius 2 is 1.89 bits per heavy atom. The number of benzene rings is 1. The van der Waals surface area contributed by atoms with Crippen LogP contribution in [0.5, 0.6) is 0 Å². The Labute approximate surface area is 210 Å². The van der Waals surface area contributed by atoms with Crippen LogP contribution in [0.4, 0.5) is 0 Å². The number of thiophene rings is 1. The third kappa shape index (κ3) is 5.03. The lowest BCUT2D eigenvalue weighted by atomic mass is 9.88. The van der Waals surface area contributed by atoms with E-state index in [1.807, 2.05) is 12.3 Å². The Balaban J connectivity index is 1.44. The van der Waals surface area contributed by atoms with Crippen LogP contribution in [-0.2, 0) is 21.3 Å². The number of nitrogens with two attached hydrogens (primary N) is 1. The molecule has 4 heterocycles. The number of nitrogens with one attached hydrogen (secondary N) is 1. The second-order valence-electron chi connectivity index (χ2n) is 9.32. The molecule has 1 aromatic carbocycles. The summed E-state index contributed by atoms with van der Waals surface area (Å²) >= 11 is 1.73. The summed E-state index contributed by atoms with van der Waals surface area (Å²) in [6.45, 7) is 7.05. The first kappa shape index (κ1) is 24.5. The number of fused-ring (bicyclic) bond motifs is 1. The number of nitrogens with zero attached hydrogens (tertiary/aromatic N) is 2. The number of hydrogen-bond acceptors (Lipinski definition) is 6. The lowest BCUT2D eigenvalue weighted by molar-refractivity contribution is 0.0346. The average molecular weight is 517 g/mol. The van der Waals surface area contributed by atoms with Crippen LogP contribution in [0, 0.1) is 0 Å². The predicted octanol–water partition coefficient (Wildman–Crippen LogP) is 3.36. The minimum absolute atomic E-state index is 0.129. The van der Waals surface area contributed by atoms with Gasteiger partial charge in [-0.05, 0) is 66.0 Å². The molecule has 0 saturated carbocycles. The molecule has 5 rings (SSSR count). The highest BCUT2D eigenvalue weighted by atomic mass is 32.2. The van der Waals surface area contributed by atoms with Gasteiger partial charge in [0.05, 0.1) is 30.0 Å². The zero-order chi connectivity index (χ0) is 24.6. The van der Waals surface area contributed by atoms with Crippen LogP contribution in [-0.4, -0.2) is 73.7 Å². The quantitative estimate of drug-likeness (QED) is 0.501.